The summed E-state index contributed by atoms with van der Waals surface area (Å²) >= 11 is 1.59. The molecule has 2 rings (SSSR count). The van der Waals surface area contributed by atoms with Gasteiger partial charge in [-0.2, -0.15) is 0 Å². The van der Waals surface area contributed by atoms with Gasteiger partial charge in [0.05, 0.1) is 26.0 Å². The predicted molar refractivity (Wildman–Crippen MR) is 97.0 cm³/mol. The van der Waals surface area contributed by atoms with E-state index in [9.17, 15) is 4.79 Å². The van der Waals surface area contributed by atoms with Crippen LogP contribution in [0.25, 0.3) is 0 Å². The van der Waals surface area contributed by atoms with Crippen molar-refractivity contribution in [2.45, 2.75) is 25.5 Å². The summed E-state index contributed by atoms with van der Waals surface area (Å²) < 4.78 is 6.05. The number of carbonyl (C=O) groups is 1. The van der Waals surface area contributed by atoms with Crippen LogP contribution in [0.1, 0.15) is 20.3 Å². The van der Waals surface area contributed by atoms with Crippen LogP contribution in [0.4, 0.5) is 0 Å². The molecule has 5 heteroatoms. The number of likely N-dealkylation sites (N-methyl/N-ethyl adjacent to an activating group) is 2. The monoisotopic (exact) mass is 337 g/mol. The van der Waals surface area contributed by atoms with Crippen molar-refractivity contribution < 1.29 is 14.0 Å². The fourth-order valence-corrected chi connectivity index (χ4v) is 4.10. The highest BCUT2D eigenvalue weighted by molar-refractivity contribution is 8.04. The number of quaternary nitrogens is 1. The van der Waals surface area contributed by atoms with Crippen LogP contribution >= 0.6 is 11.8 Å². The number of Topliss-reactive ketones (excluding diaryl/α,β-unsaturated/α-hetero) is 1. The zero-order valence-electron chi connectivity index (χ0n) is 14.7. The number of thioether (sulfide) groups is 1. The molecule has 0 radical (unpaired) electrons. The van der Waals surface area contributed by atoms with Gasteiger partial charge >= 0.3 is 0 Å². The highest BCUT2D eigenvalue weighted by Crippen LogP contribution is 2.34. The number of ether oxygens (including phenoxy) is 1. The number of allylic oxidation sites excluding steroid dienone is 4. The maximum atomic E-state index is 12.3. The van der Waals surface area contributed by atoms with Crippen molar-refractivity contribution in [3.63, 3.8) is 0 Å². The maximum absolute atomic E-state index is 12.3. The molecule has 0 fully saturated rings. The molecule has 0 saturated heterocycles. The molecule has 4 nitrogen and oxygen atoms in total. The smallest absolute Gasteiger partial charge is 0.211 e. The van der Waals surface area contributed by atoms with E-state index in [0.717, 1.165) is 43.6 Å². The lowest BCUT2D eigenvalue weighted by Gasteiger charge is -2.38. The first kappa shape index (κ1) is 18.3. The molecule has 128 valence electrons. The number of nitrogens with zero attached hydrogens (tertiary/aromatic N) is 2. The minimum absolute atomic E-state index is 0.0337. The number of hydrogen-bond donors (Lipinski definition) is 0. The number of rotatable bonds is 8. The average Bonchev–Trinajstić information content (AvgIpc) is 2.91. The van der Waals surface area contributed by atoms with Gasteiger partial charge in [-0.3, -0.25) is 14.2 Å². The third-order valence-corrected chi connectivity index (χ3v) is 5.98. The lowest BCUT2D eigenvalue weighted by Crippen LogP contribution is -2.49. The van der Waals surface area contributed by atoms with Gasteiger partial charge in [-0.25, -0.2) is 0 Å². The summed E-state index contributed by atoms with van der Waals surface area (Å²) in [5, 5.41) is 1.82. The molecule has 2 aliphatic heterocycles. The Balaban J connectivity index is 2.02. The van der Waals surface area contributed by atoms with Crippen LogP contribution in [0, 0.1) is 0 Å². The Morgan fingerprint density at radius 2 is 2.13 bits per heavy atom. The summed E-state index contributed by atoms with van der Waals surface area (Å²) in [6.45, 7) is 9.76. The minimum atomic E-state index is -0.0337. The van der Waals surface area contributed by atoms with Crippen LogP contribution in [0.15, 0.2) is 35.1 Å². The fourth-order valence-electron chi connectivity index (χ4n) is 3.10. The SMILES string of the molecule is CCN(CC)CC[N+]1(C)CC=CC=C1CC1SC=C(OC)C1=O. The van der Waals surface area contributed by atoms with Gasteiger partial charge in [0.15, 0.2) is 5.76 Å². The Kier molecular flexibility index (Phi) is 6.50. The molecule has 2 aliphatic rings. The fraction of sp³-hybridized carbons (Fsp3) is 0.611. The summed E-state index contributed by atoms with van der Waals surface area (Å²) in [4.78, 5) is 14.8. The van der Waals surface area contributed by atoms with Gasteiger partial charge in [-0.05, 0) is 25.2 Å². The number of carbonyl (C=O) groups excluding carboxylic acids is 1. The van der Waals surface area contributed by atoms with Crippen molar-refractivity contribution in [1.82, 2.24) is 4.90 Å². The Morgan fingerprint density at radius 1 is 1.39 bits per heavy atom. The molecule has 0 amide bonds. The van der Waals surface area contributed by atoms with E-state index >= 15 is 0 Å². The molecule has 2 heterocycles. The summed E-state index contributed by atoms with van der Waals surface area (Å²) in [5.41, 5.74) is 1.34. The van der Waals surface area contributed by atoms with Gasteiger partial charge in [-0.1, -0.05) is 19.9 Å². The third-order valence-electron chi connectivity index (χ3n) is 4.92. The van der Waals surface area contributed by atoms with Crippen LogP contribution in [0.3, 0.4) is 0 Å². The van der Waals surface area contributed by atoms with Gasteiger partial charge in [0.25, 0.3) is 0 Å². The maximum Gasteiger partial charge on any atom is 0.211 e. The Hall–Kier alpha value is -1.04. The molecule has 0 aromatic heterocycles. The van der Waals surface area contributed by atoms with Crippen molar-refractivity contribution >= 4 is 17.5 Å². The van der Waals surface area contributed by atoms with E-state index in [-0.39, 0.29) is 11.0 Å². The van der Waals surface area contributed by atoms with Gasteiger partial charge < -0.3 is 4.74 Å². The van der Waals surface area contributed by atoms with Gasteiger partial charge in [-0.15, -0.1) is 11.8 Å². The molecular weight excluding hydrogens is 308 g/mol. The topological polar surface area (TPSA) is 29.5 Å². The van der Waals surface area contributed by atoms with Crippen LogP contribution < -0.4 is 0 Å². The van der Waals surface area contributed by atoms with Gasteiger partial charge in [0, 0.05) is 18.4 Å². The molecule has 2 atom stereocenters. The van der Waals surface area contributed by atoms with Crippen molar-refractivity contribution in [2.24, 2.45) is 0 Å². The van der Waals surface area contributed by atoms with Crippen molar-refractivity contribution in [3.05, 3.63) is 35.1 Å². The van der Waals surface area contributed by atoms with Crippen molar-refractivity contribution in [3.8, 4) is 0 Å². The zero-order chi connectivity index (χ0) is 16.9. The van der Waals surface area contributed by atoms with E-state index < -0.39 is 0 Å². The molecule has 0 N–H and O–H groups in total. The molecule has 0 aliphatic carbocycles. The van der Waals surface area contributed by atoms with Crippen LogP contribution in [0.2, 0.25) is 0 Å². The largest absolute Gasteiger partial charge is 0.492 e. The second-order valence-corrected chi connectivity index (χ2v) is 7.37. The van der Waals surface area contributed by atoms with E-state index in [1.54, 1.807) is 18.9 Å². The molecule has 23 heavy (non-hydrogen) atoms. The summed E-state index contributed by atoms with van der Waals surface area (Å²) in [6, 6.07) is 0. The van der Waals surface area contributed by atoms with Gasteiger partial charge in [0.1, 0.15) is 12.2 Å². The predicted octanol–water partition coefficient (Wildman–Crippen LogP) is 2.79. The first-order valence-corrected chi connectivity index (χ1v) is 9.35. The van der Waals surface area contributed by atoms with Crippen LogP contribution in [-0.2, 0) is 9.53 Å². The van der Waals surface area contributed by atoms with Gasteiger partial charge in [0.2, 0.25) is 5.78 Å². The number of hydrogen-bond acceptors (Lipinski definition) is 4. The molecule has 0 saturated carbocycles. The van der Waals surface area contributed by atoms with E-state index in [1.807, 2.05) is 5.41 Å². The van der Waals surface area contributed by atoms with E-state index in [2.05, 4.69) is 44.0 Å². The third kappa shape index (κ3) is 4.28. The van der Waals surface area contributed by atoms with Crippen molar-refractivity contribution in [2.75, 3.05) is 46.9 Å². The molecule has 0 bridgehead atoms. The average molecular weight is 338 g/mol. The molecular formula is C18H29N2O2S+. The molecule has 0 aromatic carbocycles. The zero-order valence-corrected chi connectivity index (χ0v) is 15.6. The molecule has 0 aromatic rings. The number of ketones is 1. The lowest BCUT2D eigenvalue weighted by molar-refractivity contribution is -0.868. The Morgan fingerprint density at radius 3 is 2.74 bits per heavy atom. The minimum Gasteiger partial charge on any atom is -0.492 e. The second kappa shape index (κ2) is 8.18. The second-order valence-electron chi connectivity index (χ2n) is 6.29. The first-order chi connectivity index (χ1) is 11.0. The lowest BCUT2D eigenvalue weighted by atomic mass is 10.1. The highest BCUT2D eigenvalue weighted by atomic mass is 32.2. The van der Waals surface area contributed by atoms with Crippen molar-refractivity contribution in [1.29, 1.82) is 0 Å². The normalized spacial score (nSPS) is 27.3. The summed E-state index contributed by atoms with van der Waals surface area (Å²) in [5.74, 6) is 0.632. The van der Waals surface area contributed by atoms with E-state index in [1.165, 1.54) is 5.70 Å². The Bertz CT molecular complexity index is 523. The standard InChI is InChI=1S/C18H29N2O2S/c1-5-19(6-2)10-12-20(3)11-8-7-9-15(20)13-17-18(21)16(22-4)14-23-17/h7-9,14,17H,5-6,10-13H2,1-4H3/q+1. The number of methoxy groups -OCH3 is 1. The quantitative estimate of drug-likeness (QED) is 0.637. The van der Waals surface area contributed by atoms with E-state index in [4.69, 9.17) is 4.74 Å². The van der Waals surface area contributed by atoms with Crippen LogP contribution in [-0.4, -0.2) is 67.3 Å². The molecule has 0 spiro atoms. The summed E-state index contributed by atoms with van der Waals surface area (Å²) in [6.07, 6.45) is 7.35. The first-order valence-electron chi connectivity index (χ1n) is 8.41. The highest BCUT2D eigenvalue weighted by Gasteiger charge is 2.36. The summed E-state index contributed by atoms with van der Waals surface area (Å²) in [7, 11) is 3.85. The van der Waals surface area contributed by atoms with E-state index in [0.29, 0.717) is 5.76 Å². The Labute approximate surface area is 144 Å². The molecule has 2 unspecified atom stereocenters. The van der Waals surface area contributed by atoms with Crippen LogP contribution in [0.5, 0.6) is 0 Å².